The Balaban J connectivity index is 1.68. The smallest absolute Gasteiger partial charge is 0.249 e. The van der Waals surface area contributed by atoms with Gasteiger partial charge in [0.25, 0.3) is 0 Å². The van der Waals surface area contributed by atoms with Crippen LogP contribution in [0.4, 0.5) is 0 Å². The number of hydrogen-bond donors (Lipinski definition) is 0. The van der Waals surface area contributed by atoms with E-state index in [1.807, 2.05) is 26.0 Å². The van der Waals surface area contributed by atoms with E-state index in [2.05, 4.69) is 10.2 Å². The minimum Gasteiger partial charge on any atom is -0.419 e. The zero-order chi connectivity index (χ0) is 21.9. The van der Waals surface area contributed by atoms with Gasteiger partial charge in [0.15, 0.2) is 0 Å². The first-order valence-electron chi connectivity index (χ1n) is 10.1. The molecule has 1 aliphatic heterocycles. The zero-order valence-corrected chi connectivity index (χ0v) is 19.0. The molecule has 1 saturated heterocycles. The van der Waals surface area contributed by atoms with Gasteiger partial charge in [0.1, 0.15) is 0 Å². The summed E-state index contributed by atoms with van der Waals surface area (Å²) in [5, 5.41) is 8.66. The van der Waals surface area contributed by atoms with Crippen molar-refractivity contribution in [2.24, 2.45) is 5.92 Å². The molecule has 1 fully saturated rings. The molecule has 0 unspecified atom stereocenters. The lowest BCUT2D eigenvalue weighted by molar-refractivity contribution is -0.139. The van der Waals surface area contributed by atoms with E-state index in [4.69, 9.17) is 16.0 Å². The average molecular weight is 455 g/mol. The molecule has 30 heavy (non-hydrogen) atoms. The summed E-state index contributed by atoms with van der Waals surface area (Å²) in [6.07, 6.45) is 1.02. The van der Waals surface area contributed by atoms with E-state index < -0.39 is 10.0 Å². The first-order valence-corrected chi connectivity index (χ1v) is 12.1. The second-order valence-corrected chi connectivity index (χ2v) is 10.3. The summed E-state index contributed by atoms with van der Waals surface area (Å²) in [6, 6.07) is 7.13. The normalized spacial score (nSPS) is 16.2. The number of piperidine rings is 1. The van der Waals surface area contributed by atoms with Gasteiger partial charge >= 0.3 is 0 Å². The van der Waals surface area contributed by atoms with Crippen molar-refractivity contribution >= 4 is 27.5 Å². The van der Waals surface area contributed by atoms with Crippen molar-refractivity contribution < 1.29 is 17.6 Å². The first-order chi connectivity index (χ1) is 14.2. The number of benzene rings is 1. The number of carbonyl (C=O) groups is 1. The monoisotopic (exact) mass is 454 g/mol. The van der Waals surface area contributed by atoms with Crippen LogP contribution in [0, 0.1) is 5.92 Å². The molecule has 1 aliphatic rings. The van der Waals surface area contributed by atoms with Crippen LogP contribution in [0.1, 0.15) is 39.5 Å². The molecule has 0 spiro atoms. The second kappa shape index (κ2) is 9.45. The molecule has 2 heterocycles. The third kappa shape index (κ3) is 5.01. The fourth-order valence-corrected chi connectivity index (χ4v) is 4.87. The van der Waals surface area contributed by atoms with Gasteiger partial charge in [-0.05, 0) is 45.7 Å². The summed E-state index contributed by atoms with van der Waals surface area (Å²) >= 11 is 6.19. The summed E-state index contributed by atoms with van der Waals surface area (Å²) in [4.78, 5) is 14.9. The summed E-state index contributed by atoms with van der Waals surface area (Å²) in [6.45, 7) is 6.43. The molecule has 8 nitrogen and oxygen atoms in total. The molecule has 0 aliphatic carbocycles. The van der Waals surface area contributed by atoms with Crippen LogP contribution in [0.3, 0.4) is 0 Å². The second-order valence-electron chi connectivity index (χ2n) is 7.61. The standard InChI is InChI=1S/C20H27ClN4O4S/c1-4-30(27,28)24-11-9-15(10-12-24)20(26)25(14(2)3)13-18-22-23-19(29-18)16-7-5-6-8-17(16)21/h5-8,14-15H,4,9-13H2,1-3H3. The van der Waals surface area contributed by atoms with Crippen molar-refractivity contribution in [3.8, 4) is 11.5 Å². The number of sulfonamides is 1. The zero-order valence-electron chi connectivity index (χ0n) is 17.4. The molecule has 0 bridgehead atoms. The fourth-order valence-electron chi connectivity index (χ4n) is 3.52. The van der Waals surface area contributed by atoms with Gasteiger partial charge in [-0.15, -0.1) is 10.2 Å². The maximum Gasteiger partial charge on any atom is 0.249 e. The Bertz CT molecular complexity index is 984. The van der Waals surface area contributed by atoms with E-state index in [1.165, 1.54) is 4.31 Å². The molecule has 10 heteroatoms. The molecule has 1 aromatic carbocycles. The van der Waals surface area contributed by atoms with E-state index in [0.29, 0.717) is 48.3 Å². The Hall–Kier alpha value is -1.97. The molecule has 0 saturated carbocycles. The maximum absolute atomic E-state index is 13.1. The van der Waals surface area contributed by atoms with Crippen molar-refractivity contribution in [1.82, 2.24) is 19.4 Å². The Kier molecular flexibility index (Phi) is 7.15. The van der Waals surface area contributed by atoms with Crippen molar-refractivity contribution in [2.45, 2.75) is 46.2 Å². The van der Waals surface area contributed by atoms with Crippen LogP contribution in [-0.2, 0) is 21.4 Å². The molecule has 2 aromatic rings. The van der Waals surface area contributed by atoms with Crippen LogP contribution in [0.25, 0.3) is 11.5 Å². The van der Waals surface area contributed by atoms with Crippen LogP contribution >= 0.6 is 11.6 Å². The maximum atomic E-state index is 13.1. The topological polar surface area (TPSA) is 96.6 Å². The van der Waals surface area contributed by atoms with Gasteiger partial charge in [0.05, 0.1) is 22.9 Å². The fraction of sp³-hybridized carbons (Fsp3) is 0.550. The van der Waals surface area contributed by atoms with Crippen LogP contribution in [-0.4, -0.2) is 58.6 Å². The largest absolute Gasteiger partial charge is 0.419 e. The number of aromatic nitrogens is 2. The van der Waals surface area contributed by atoms with E-state index >= 15 is 0 Å². The lowest BCUT2D eigenvalue weighted by atomic mass is 9.96. The van der Waals surface area contributed by atoms with Crippen LogP contribution in [0.5, 0.6) is 0 Å². The highest BCUT2D eigenvalue weighted by Crippen LogP contribution is 2.27. The number of carbonyl (C=O) groups excluding carboxylic acids is 1. The summed E-state index contributed by atoms with van der Waals surface area (Å²) in [5.74, 6) is 0.481. The molecule has 0 atom stereocenters. The summed E-state index contributed by atoms with van der Waals surface area (Å²) in [7, 11) is -3.22. The van der Waals surface area contributed by atoms with Crippen molar-refractivity contribution in [3.05, 3.63) is 35.2 Å². The average Bonchev–Trinajstić information content (AvgIpc) is 3.20. The Morgan fingerprint density at radius 1 is 1.27 bits per heavy atom. The van der Waals surface area contributed by atoms with Gasteiger partial charge < -0.3 is 9.32 Å². The Labute approximate surface area is 182 Å². The third-order valence-corrected chi connectivity index (χ3v) is 7.56. The molecule has 0 radical (unpaired) electrons. The molecule has 0 N–H and O–H groups in total. The van der Waals surface area contributed by atoms with Crippen molar-refractivity contribution in [1.29, 1.82) is 0 Å². The lowest BCUT2D eigenvalue weighted by Crippen LogP contribution is -2.46. The highest BCUT2D eigenvalue weighted by Gasteiger charge is 2.33. The molecule has 1 amide bonds. The summed E-state index contributed by atoms with van der Waals surface area (Å²) < 4.78 is 31.3. The van der Waals surface area contributed by atoms with Gasteiger partial charge in [-0.3, -0.25) is 4.79 Å². The number of halogens is 1. The Morgan fingerprint density at radius 3 is 2.53 bits per heavy atom. The number of nitrogens with zero attached hydrogens (tertiary/aromatic N) is 4. The highest BCUT2D eigenvalue weighted by atomic mass is 35.5. The third-order valence-electron chi connectivity index (χ3n) is 5.34. The van der Waals surface area contributed by atoms with E-state index in [0.717, 1.165) is 0 Å². The van der Waals surface area contributed by atoms with Gasteiger partial charge in [-0.2, -0.15) is 0 Å². The molecular weight excluding hydrogens is 428 g/mol. The number of hydrogen-bond acceptors (Lipinski definition) is 6. The van der Waals surface area contributed by atoms with Crippen LogP contribution < -0.4 is 0 Å². The minimum atomic E-state index is -3.22. The summed E-state index contributed by atoms with van der Waals surface area (Å²) in [5.41, 5.74) is 0.643. The van der Waals surface area contributed by atoms with Crippen LogP contribution in [0.2, 0.25) is 5.02 Å². The van der Waals surface area contributed by atoms with E-state index in [9.17, 15) is 13.2 Å². The predicted octanol–water partition coefficient (Wildman–Crippen LogP) is 3.19. The van der Waals surface area contributed by atoms with E-state index in [-0.39, 0.29) is 30.2 Å². The predicted molar refractivity (Wildman–Crippen MR) is 114 cm³/mol. The molecular formula is C20H27ClN4O4S. The first kappa shape index (κ1) is 22.7. The van der Waals surface area contributed by atoms with Gasteiger partial charge in [0, 0.05) is 25.0 Å². The number of rotatable bonds is 7. The lowest BCUT2D eigenvalue weighted by Gasteiger charge is -2.34. The molecule has 3 rings (SSSR count). The van der Waals surface area contributed by atoms with Crippen LogP contribution in [0.15, 0.2) is 28.7 Å². The number of amides is 1. The van der Waals surface area contributed by atoms with Gasteiger partial charge in [-0.1, -0.05) is 23.7 Å². The van der Waals surface area contributed by atoms with Crippen molar-refractivity contribution in [3.63, 3.8) is 0 Å². The minimum absolute atomic E-state index is 0.0176. The van der Waals surface area contributed by atoms with Crippen molar-refractivity contribution in [2.75, 3.05) is 18.8 Å². The molecule has 1 aromatic heterocycles. The Morgan fingerprint density at radius 2 is 1.93 bits per heavy atom. The molecule has 164 valence electrons. The van der Waals surface area contributed by atoms with E-state index in [1.54, 1.807) is 24.0 Å². The van der Waals surface area contributed by atoms with Gasteiger partial charge in [-0.25, -0.2) is 12.7 Å². The highest BCUT2D eigenvalue weighted by molar-refractivity contribution is 7.89. The van der Waals surface area contributed by atoms with Gasteiger partial charge in [0.2, 0.25) is 27.7 Å². The SMILES string of the molecule is CCS(=O)(=O)N1CCC(C(=O)N(Cc2nnc(-c3ccccc3Cl)o2)C(C)C)CC1. The quantitative estimate of drug-likeness (QED) is 0.637.